The van der Waals surface area contributed by atoms with Crippen LogP contribution in [-0.4, -0.2) is 11.1 Å². The van der Waals surface area contributed by atoms with Crippen LogP contribution in [0.25, 0.3) is 21.7 Å². The number of furan rings is 1. The predicted molar refractivity (Wildman–Crippen MR) is 70.2 cm³/mol. The predicted octanol–water partition coefficient (Wildman–Crippen LogP) is 3.90. The molecule has 1 heterocycles. The standard InChI is InChI=1S/C15H12O3.Y/c1-8-10-5-3-4-6-11(10)9(2)14-13(8)12(7-18-14)15(16)17;/h3-7H,1-2H3,(H,16,17);. The number of carbonyl (C=O) groups is 1. The first-order valence-electron chi connectivity index (χ1n) is 5.73. The number of hydrogen-bond donors (Lipinski definition) is 1. The zero-order valence-electron chi connectivity index (χ0n) is 10.7. The van der Waals surface area contributed by atoms with Crippen LogP contribution in [0.15, 0.2) is 34.9 Å². The molecule has 0 amide bonds. The summed E-state index contributed by atoms with van der Waals surface area (Å²) in [5.74, 6) is -0.952. The number of aromatic carboxylic acids is 1. The van der Waals surface area contributed by atoms with E-state index in [4.69, 9.17) is 4.42 Å². The molecule has 0 atom stereocenters. The van der Waals surface area contributed by atoms with E-state index in [-0.39, 0.29) is 38.3 Å². The fourth-order valence-corrected chi connectivity index (χ4v) is 2.56. The monoisotopic (exact) mass is 329 g/mol. The minimum Gasteiger partial charge on any atom is -0.478 e. The van der Waals surface area contributed by atoms with Crippen molar-refractivity contribution in [1.29, 1.82) is 0 Å². The summed E-state index contributed by atoms with van der Waals surface area (Å²) in [4.78, 5) is 11.2. The third-order valence-electron chi connectivity index (χ3n) is 3.47. The molecule has 3 aromatic rings. The van der Waals surface area contributed by atoms with Gasteiger partial charge in [-0.2, -0.15) is 0 Å². The van der Waals surface area contributed by atoms with Gasteiger partial charge in [-0.1, -0.05) is 24.3 Å². The van der Waals surface area contributed by atoms with Crippen LogP contribution >= 0.6 is 0 Å². The normalized spacial score (nSPS) is 10.6. The van der Waals surface area contributed by atoms with Crippen molar-refractivity contribution in [3.63, 3.8) is 0 Å². The molecule has 0 aliphatic carbocycles. The van der Waals surface area contributed by atoms with E-state index < -0.39 is 5.97 Å². The number of benzene rings is 2. The van der Waals surface area contributed by atoms with Gasteiger partial charge in [0.1, 0.15) is 17.4 Å². The molecule has 0 aliphatic rings. The van der Waals surface area contributed by atoms with Crippen molar-refractivity contribution in [3.8, 4) is 0 Å². The van der Waals surface area contributed by atoms with Crippen molar-refractivity contribution < 1.29 is 47.0 Å². The van der Waals surface area contributed by atoms with Crippen LogP contribution in [0.1, 0.15) is 21.5 Å². The van der Waals surface area contributed by atoms with Crippen LogP contribution in [0.5, 0.6) is 0 Å². The molecule has 4 heteroatoms. The Morgan fingerprint density at radius 3 is 2.26 bits per heavy atom. The van der Waals surface area contributed by atoms with Gasteiger partial charge in [-0.15, -0.1) is 0 Å². The van der Waals surface area contributed by atoms with Gasteiger partial charge >= 0.3 is 5.97 Å². The Hall–Kier alpha value is -1.19. The van der Waals surface area contributed by atoms with Gasteiger partial charge in [0.2, 0.25) is 0 Å². The Balaban J connectivity index is 0.00000133. The molecule has 1 aromatic heterocycles. The maximum atomic E-state index is 11.2. The summed E-state index contributed by atoms with van der Waals surface area (Å²) in [6, 6.07) is 7.97. The SMILES string of the molecule is Cc1c2ccccc2c(C)c2c(C(=O)O)coc12.[Y]. The Bertz CT molecular complexity index is 787. The molecule has 3 nitrogen and oxygen atoms in total. The van der Waals surface area contributed by atoms with Gasteiger partial charge in [-0.05, 0) is 30.2 Å². The van der Waals surface area contributed by atoms with Gasteiger partial charge in [0.05, 0.1) is 0 Å². The van der Waals surface area contributed by atoms with Crippen molar-refractivity contribution in [2.45, 2.75) is 13.8 Å². The van der Waals surface area contributed by atoms with Crippen LogP contribution in [0, 0.1) is 13.8 Å². The minimum atomic E-state index is -0.952. The van der Waals surface area contributed by atoms with E-state index in [1.807, 2.05) is 38.1 Å². The number of hydrogen-bond acceptors (Lipinski definition) is 2. The first kappa shape index (κ1) is 14.2. The third-order valence-corrected chi connectivity index (χ3v) is 3.47. The van der Waals surface area contributed by atoms with Crippen molar-refractivity contribution in [2.24, 2.45) is 0 Å². The summed E-state index contributed by atoms with van der Waals surface area (Å²) in [5.41, 5.74) is 2.84. The van der Waals surface area contributed by atoms with Gasteiger partial charge in [-0.3, -0.25) is 0 Å². The minimum absolute atomic E-state index is 0. The molecule has 0 spiro atoms. The second kappa shape index (κ2) is 5.06. The van der Waals surface area contributed by atoms with Crippen LogP contribution < -0.4 is 0 Å². The molecule has 0 saturated carbocycles. The van der Waals surface area contributed by atoms with Gasteiger partial charge in [0.25, 0.3) is 0 Å². The quantitative estimate of drug-likeness (QED) is 0.737. The molecule has 0 saturated heterocycles. The Labute approximate surface area is 135 Å². The number of fused-ring (bicyclic) bond motifs is 2. The van der Waals surface area contributed by atoms with Crippen molar-refractivity contribution in [1.82, 2.24) is 0 Å². The van der Waals surface area contributed by atoms with Crippen LogP contribution in [0.2, 0.25) is 0 Å². The maximum Gasteiger partial charge on any atom is 0.339 e. The number of aryl methyl sites for hydroxylation is 2. The molecule has 2 aromatic carbocycles. The number of carboxylic acid groups (broad SMARTS) is 1. The van der Waals surface area contributed by atoms with E-state index in [0.29, 0.717) is 11.0 Å². The fourth-order valence-electron chi connectivity index (χ4n) is 2.56. The Kier molecular flexibility index (Phi) is 3.79. The zero-order valence-corrected chi connectivity index (χ0v) is 13.6. The van der Waals surface area contributed by atoms with Crippen molar-refractivity contribution in [3.05, 3.63) is 47.2 Å². The van der Waals surface area contributed by atoms with Gasteiger partial charge in [0.15, 0.2) is 0 Å². The van der Waals surface area contributed by atoms with Crippen LogP contribution in [0.4, 0.5) is 0 Å². The first-order valence-corrected chi connectivity index (χ1v) is 5.73. The second-order valence-corrected chi connectivity index (χ2v) is 4.45. The molecule has 0 fully saturated rings. The molecule has 1 N–H and O–H groups in total. The molecular weight excluding hydrogens is 317 g/mol. The number of rotatable bonds is 1. The smallest absolute Gasteiger partial charge is 0.339 e. The summed E-state index contributed by atoms with van der Waals surface area (Å²) < 4.78 is 5.45. The van der Waals surface area contributed by atoms with E-state index in [9.17, 15) is 9.90 Å². The van der Waals surface area contributed by atoms with Gasteiger partial charge in [0, 0.05) is 43.7 Å². The molecule has 0 unspecified atom stereocenters. The van der Waals surface area contributed by atoms with E-state index in [1.165, 1.54) is 6.26 Å². The van der Waals surface area contributed by atoms with Gasteiger partial charge < -0.3 is 9.52 Å². The topological polar surface area (TPSA) is 50.4 Å². The molecule has 1 radical (unpaired) electrons. The first-order chi connectivity index (χ1) is 8.61. The third kappa shape index (κ3) is 2.01. The summed E-state index contributed by atoms with van der Waals surface area (Å²) >= 11 is 0. The molecule has 93 valence electrons. The van der Waals surface area contributed by atoms with Crippen molar-refractivity contribution in [2.75, 3.05) is 0 Å². The largest absolute Gasteiger partial charge is 0.478 e. The average Bonchev–Trinajstić information content (AvgIpc) is 2.81. The summed E-state index contributed by atoms with van der Waals surface area (Å²) in [6.07, 6.45) is 1.33. The zero-order chi connectivity index (χ0) is 12.9. The van der Waals surface area contributed by atoms with E-state index in [2.05, 4.69) is 0 Å². The molecular formula is C15H12O3Y. The van der Waals surface area contributed by atoms with E-state index in [1.54, 1.807) is 0 Å². The summed E-state index contributed by atoms with van der Waals surface area (Å²) in [6.45, 7) is 3.89. The molecule has 19 heavy (non-hydrogen) atoms. The van der Waals surface area contributed by atoms with Crippen LogP contribution in [0.3, 0.4) is 0 Å². The number of carboxylic acids is 1. The van der Waals surface area contributed by atoms with Crippen LogP contribution in [-0.2, 0) is 32.7 Å². The summed E-state index contributed by atoms with van der Waals surface area (Å²) in [7, 11) is 0. The molecule has 3 rings (SSSR count). The second-order valence-electron chi connectivity index (χ2n) is 4.45. The van der Waals surface area contributed by atoms with E-state index in [0.717, 1.165) is 21.9 Å². The Morgan fingerprint density at radius 1 is 1.11 bits per heavy atom. The van der Waals surface area contributed by atoms with E-state index >= 15 is 0 Å². The van der Waals surface area contributed by atoms with Gasteiger partial charge in [-0.25, -0.2) is 4.79 Å². The maximum absolute atomic E-state index is 11.2. The summed E-state index contributed by atoms with van der Waals surface area (Å²) in [5, 5.41) is 12.1. The van der Waals surface area contributed by atoms with Crippen molar-refractivity contribution >= 4 is 27.7 Å². The molecule has 0 bridgehead atoms. The molecule has 0 aliphatic heterocycles. The average molecular weight is 329 g/mol. The fraction of sp³-hybridized carbons (Fsp3) is 0.133. The Morgan fingerprint density at radius 2 is 1.68 bits per heavy atom.